The van der Waals surface area contributed by atoms with E-state index in [2.05, 4.69) is 46.9 Å². The zero-order valence-corrected chi connectivity index (χ0v) is 11.8. The molecule has 98 valence electrons. The van der Waals surface area contributed by atoms with Gasteiger partial charge in [-0.05, 0) is 41.0 Å². The number of rotatable bonds is 8. The minimum atomic E-state index is -0.0679. The number of hydrogen-bond acceptors (Lipinski definition) is 3. The largest absolute Gasteiger partial charge is 0.375 e. The van der Waals surface area contributed by atoms with Crippen LogP contribution in [-0.4, -0.2) is 37.5 Å². The maximum atomic E-state index is 5.64. The molecule has 0 aromatic rings. The van der Waals surface area contributed by atoms with Crippen LogP contribution in [0.1, 0.15) is 48.0 Å². The van der Waals surface area contributed by atoms with Crippen LogP contribution in [-0.2, 0) is 9.47 Å². The molecule has 2 unspecified atom stereocenters. The third kappa shape index (κ3) is 10.4. The summed E-state index contributed by atoms with van der Waals surface area (Å²) < 4.78 is 11.2. The molecule has 1 N–H and O–H groups in total. The number of nitrogens with one attached hydrogen (secondary N) is 1. The summed E-state index contributed by atoms with van der Waals surface area (Å²) in [7, 11) is 0. The molecule has 0 aromatic carbocycles. The highest BCUT2D eigenvalue weighted by atomic mass is 16.5. The molecule has 0 aliphatic rings. The second kappa shape index (κ2) is 8.04. The molecule has 0 amide bonds. The third-order valence-corrected chi connectivity index (χ3v) is 2.39. The fraction of sp³-hybridized carbons (Fsp3) is 1.00. The summed E-state index contributed by atoms with van der Waals surface area (Å²) in [6, 6.07) is 0.567. The quantitative estimate of drug-likeness (QED) is 0.651. The van der Waals surface area contributed by atoms with E-state index in [1.807, 2.05) is 0 Å². The lowest BCUT2D eigenvalue weighted by Crippen LogP contribution is -2.34. The highest BCUT2D eigenvalue weighted by Gasteiger charge is 2.10. The van der Waals surface area contributed by atoms with Gasteiger partial charge >= 0.3 is 0 Å². The molecule has 3 heteroatoms. The Morgan fingerprint density at radius 2 is 1.75 bits per heavy atom. The van der Waals surface area contributed by atoms with Crippen LogP contribution in [0.5, 0.6) is 0 Å². The minimum absolute atomic E-state index is 0.0679. The topological polar surface area (TPSA) is 30.5 Å². The monoisotopic (exact) mass is 231 g/mol. The van der Waals surface area contributed by atoms with E-state index in [4.69, 9.17) is 9.47 Å². The van der Waals surface area contributed by atoms with Gasteiger partial charge in [-0.15, -0.1) is 0 Å². The van der Waals surface area contributed by atoms with Crippen molar-refractivity contribution in [3.8, 4) is 0 Å². The van der Waals surface area contributed by atoms with E-state index < -0.39 is 0 Å². The minimum Gasteiger partial charge on any atom is -0.375 e. The first kappa shape index (κ1) is 15.9. The van der Waals surface area contributed by atoms with Crippen LogP contribution in [0.4, 0.5) is 0 Å². The Morgan fingerprint density at radius 3 is 2.25 bits per heavy atom. The van der Waals surface area contributed by atoms with Gasteiger partial charge in [0.2, 0.25) is 0 Å². The number of hydrogen-bond donors (Lipinski definition) is 1. The summed E-state index contributed by atoms with van der Waals surface area (Å²) >= 11 is 0. The average Bonchev–Trinajstić information content (AvgIpc) is 2.19. The van der Waals surface area contributed by atoms with Crippen LogP contribution < -0.4 is 5.32 Å². The second-order valence-electron chi connectivity index (χ2n) is 5.36. The van der Waals surface area contributed by atoms with Crippen molar-refractivity contribution < 1.29 is 9.47 Å². The van der Waals surface area contributed by atoms with Crippen molar-refractivity contribution in [1.29, 1.82) is 0 Å². The van der Waals surface area contributed by atoms with Crippen LogP contribution in [0, 0.1) is 0 Å². The van der Waals surface area contributed by atoms with Crippen molar-refractivity contribution in [2.45, 2.75) is 65.7 Å². The zero-order valence-electron chi connectivity index (χ0n) is 11.8. The van der Waals surface area contributed by atoms with Crippen LogP contribution >= 0.6 is 0 Å². The van der Waals surface area contributed by atoms with E-state index in [0.29, 0.717) is 19.3 Å². The molecule has 0 spiro atoms. The van der Waals surface area contributed by atoms with Crippen molar-refractivity contribution in [2.75, 3.05) is 19.8 Å². The van der Waals surface area contributed by atoms with E-state index in [1.54, 1.807) is 0 Å². The molecule has 0 aromatic heterocycles. The Balaban J connectivity index is 3.40. The number of ether oxygens (including phenoxy) is 2. The highest BCUT2D eigenvalue weighted by Crippen LogP contribution is 2.05. The van der Waals surface area contributed by atoms with Crippen LogP contribution in [0.2, 0.25) is 0 Å². The second-order valence-corrected chi connectivity index (χ2v) is 5.36. The average molecular weight is 231 g/mol. The first-order chi connectivity index (χ1) is 7.35. The van der Waals surface area contributed by atoms with Crippen molar-refractivity contribution in [1.82, 2.24) is 5.32 Å². The molecule has 0 rings (SSSR count). The highest BCUT2D eigenvalue weighted by molar-refractivity contribution is 4.62. The standard InChI is InChI=1S/C13H29NO2/c1-7-11(2)14-10-12(3)15-8-9-16-13(4,5)6/h11-12,14H,7-10H2,1-6H3. The molecule has 0 radical (unpaired) electrons. The predicted octanol–water partition coefficient (Wildman–Crippen LogP) is 2.59. The van der Waals surface area contributed by atoms with E-state index in [-0.39, 0.29) is 11.7 Å². The normalized spacial score (nSPS) is 16.1. The Labute approximate surface area is 101 Å². The summed E-state index contributed by atoms with van der Waals surface area (Å²) in [5.74, 6) is 0. The third-order valence-electron chi connectivity index (χ3n) is 2.39. The van der Waals surface area contributed by atoms with E-state index in [1.165, 1.54) is 0 Å². The molecule has 0 heterocycles. The Bertz CT molecular complexity index is 166. The predicted molar refractivity (Wildman–Crippen MR) is 68.9 cm³/mol. The molecule has 0 bridgehead atoms. The smallest absolute Gasteiger partial charge is 0.0707 e. The SMILES string of the molecule is CCC(C)NCC(C)OCCOC(C)(C)C. The maximum absolute atomic E-state index is 5.64. The van der Waals surface area contributed by atoms with Crippen LogP contribution in [0.3, 0.4) is 0 Å². The Morgan fingerprint density at radius 1 is 1.12 bits per heavy atom. The van der Waals surface area contributed by atoms with Crippen molar-refractivity contribution in [2.24, 2.45) is 0 Å². The van der Waals surface area contributed by atoms with Gasteiger partial charge in [0.1, 0.15) is 0 Å². The van der Waals surface area contributed by atoms with Gasteiger partial charge in [-0.1, -0.05) is 6.92 Å². The lowest BCUT2D eigenvalue weighted by molar-refractivity contribution is -0.0482. The fourth-order valence-electron chi connectivity index (χ4n) is 1.17. The van der Waals surface area contributed by atoms with Crippen molar-refractivity contribution >= 4 is 0 Å². The molecule has 0 aliphatic carbocycles. The summed E-state index contributed by atoms with van der Waals surface area (Å²) in [6.07, 6.45) is 1.40. The molecule has 0 saturated heterocycles. The lowest BCUT2D eigenvalue weighted by atomic mass is 10.2. The van der Waals surface area contributed by atoms with Gasteiger partial charge in [-0.3, -0.25) is 0 Å². The van der Waals surface area contributed by atoms with Gasteiger partial charge in [0.05, 0.1) is 24.9 Å². The van der Waals surface area contributed by atoms with Crippen LogP contribution in [0.25, 0.3) is 0 Å². The van der Waals surface area contributed by atoms with Crippen LogP contribution in [0.15, 0.2) is 0 Å². The van der Waals surface area contributed by atoms with Gasteiger partial charge in [0, 0.05) is 12.6 Å². The van der Waals surface area contributed by atoms with E-state index in [9.17, 15) is 0 Å². The molecule has 0 saturated carbocycles. The van der Waals surface area contributed by atoms with Gasteiger partial charge < -0.3 is 14.8 Å². The van der Waals surface area contributed by atoms with Crippen molar-refractivity contribution in [3.63, 3.8) is 0 Å². The molecule has 0 fully saturated rings. The van der Waals surface area contributed by atoms with Gasteiger partial charge in [-0.2, -0.15) is 0 Å². The molecule has 0 aliphatic heterocycles. The summed E-state index contributed by atoms with van der Waals surface area (Å²) in [4.78, 5) is 0. The Kier molecular flexibility index (Phi) is 7.98. The Hall–Kier alpha value is -0.120. The summed E-state index contributed by atoms with van der Waals surface area (Å²) in [5, 5.41) is 3.42. The first-order valence-corrected chi connectivity index (χ1v) is 6.34. The zero-order chi connectivity index (χ0) is 12.6. The van der Waals surface area contributed by atoms with E-state index in [0.717, 1.165) is 13.0 Å². The lowest BCUT2D eigenvalue weighted by Gasteiger charge is -2.21. The molecular weight excluding hydrogens is 202 g/mol. The van der Waals surface area contributed by atoms with Crippen molar-refractivity contribution in [3.05, 3.63) is 0 Å². The fourth-order valence-corrected chi connectivity index (χ4v) is 1.17. The molecular formula is C13H29NO2. The molecule has 2 atom stereocenters. The van der Waals surface area contributed by atoms with Gasteiger partial charge in [0.25, 0.3) is 0 Å². The first-order valence-electron chi connectivity index (χ1n) is 6.34. The summed E-state index contributed by atoms with van der Waals surface area (Å²) in [6.45, 7) is 14.9. The molecule has 3 nitrogen and oxygen atoms in total. The maximum Gasteiger partial charge on any atom is 0.0707 e. The van der Waals surface area contributed by atoms with E-state index >= 15 is 0 Å². The van der Waals surface area contributed by atoms with Gasteiger partial charge in [0.15, 0.2) is 0 Å². The molecule has 16 heavy (non-hydrogen) atoms. The van der Waals surface area contributed by atoms with Gasteiger partial charge in [-0.25, -0.2) is 0 Å². The summed E-state index contributed by atoms with van der Waals surface area (Å²) in [5.41, 5.74) is -0.0679.